The van der Waals surface area contributed by atoms with Gasteiger partial charge in [0.25, 0.3) is 5.91 Å². The topological polar surface area (TPSA) is 115 Å². The highest BCUT2D eigenvalue weighted by Gasteiger charge is 2.13. The van der Waals surface area contributed by atoms with Gasteiger partial charge in [-0.2, -0.15) is 14.9 Å². The SMILES string of the molecule is [B]c1cnn2c(NCCNC(=O)c3cccc(C#N)c3)cc(-c3ccccc3O)nc12. The fourth-order valence-electron chi connectivity index (χ4n) is 3.13. The number of hydrogen-bond acceptors (Lipinski definition) is 6. The van der Waals surface area contributed by atoms with Gasteiger partial charge in [0.15, 0.2) is 5.65 Å². The van der Waals surface area contributed by atoms with E-state index >= 15 is 0 Å². The lowest BCUT2D eigenvalue weighted by Crippen LogP contribution is -2.29. The first-order valence-electron chi connectivity index (χ1n) is 9.51. The molecule has 0 aliphatic heterocycles. The molecule has 0 aliphatic carbocycles. The van der Waals surface area contributed by atoms with Crippen LogP contribution >= 0.6 is 0 Å². The summed E-state index contributed by atoms with van der Waals surface area (Å²) in [6.45, 7) is 0.741. The monoisotopic (exact) mass is 408 g/mol. The Hall–Kier alpha value is -4.32. The predicted octanol–water partition coefficient (Wildman–Crippen LogP) is 1.61. The largest absolute Gasteiger partial charge is 0.507 e. The van der Waals surface area contributed by atoms with Gasteiger partial charge in [0.1, 0.15) is 19.4 Å². The number of carbonyl (C=O) groups is 1. The third-order valence-corrected chi connectivity index (χ3v) is 4.65. The summed E-state index contributed by atoms with van der Waals surface area (Å²) in [5, 5.41) is 29.4. The van der Waals surface area contributed by atoms with Gasteiger partial charge in [0.2, 0.25) is 0 Å². The molecule has 2 aromatic heterocycles. The number of amides is 1. The molecule has 9 heteroatoms. The van der Waals surface area contributed by atoms with E-state index in [4.69, 9.17) is 13.1 Å². The Labute approximate surface area is 179 Å². The summed E-state index contributed by atoms with van der Waals surface area (Å²) < 4.78 is 1.57. The second-order valence-electron chi connectivity index (χ2n) is 6.75. The number of nitriles is 1. The Morgan fingerprint density at radius 3 is 2.81 bits per heavy atom. The first-order chi connectivity index (χ1) is 15.1. The molecule has 4 rings (SSSR count). The fraction of sp³-hybridized carbons (Fsp3) is 0.0909. The van der Waals surface area contributed by atoms with Crippen LogP contribution in [0.1, 0.15) is 15.9 Å². The van der Waals surface area contributed by atoms with Crippen molar-refractivity contribution in [1.29, 1.82) is 5.26 Å². The van der Waals surface area contributed by atoms with Gasteiger partial charge in [0, 0.05) is 36.5 Å². The van der Waals surface area contributed by atoms with E-state index in [1.807, 2.05) is 12.1 Å². The van der Waals surface area contributed by atoms with Gasteiger partial charge in [-0.3, -0.25) is 4.79 Å². The molecule has 4 aromatic rings. The number of anilines is 1. The van der Waals surface area contributed by atoms with E-state index in [9.17, 15) is 9.90 Å². The van der Waals surface area contributed by atoms with Gasteiger partial charge < -0.3 is 15.7 Å². The molecule has 2 radical (unpaired) electrons. The van der Waals surface area contributed by atoms with E-state index in [-0.39, 0.29) is 11.7 Å². The number of aromatic hydroxyl groups is 1. The minimum Gasteiger partial charge on any atom is -0.507 e. The van der Waals surface area contributed by atoms with Crippen molar-refractivity contribution in [2.75, 3.05) is 18.4 Å². The van der Waals surface area contributed by atoms with Gasteiger partial charge in [-0.05, 0) is 35.8 Å². The molecule has 0 spiro atoms. The number of rotatable bonds is 6. The number of nitrogens with zero attached hydrogens (tertiary/aromatic N) is 4. The highest BCUT2D eigenvalue weighted by atomic mass is 16.3. The first-order valence-corrected chi connectivity index (χ1v) is 9.51. The molecule has 0 saturated heterocycles. The molecule has 0 fully saturated rings. The van der Waals surface area contributed by atoms with Gasteiger partial charge in [-0.25, -0.2) is 4.98 Å². The number of carbonyl (C=O) groups excluding carboxylic acids is 1. The van der Waals surface area contributed by atoms with Crippen molar-refractivity contribution in [3.63, 3.8) is 0 Å². The smallest absolute Gasteiger partial charge is 0.251 e. The van der Waals surface area contributed by atoms with Crippen LogP contribution in [0.25, 0.3) is 16.9 Å². The first kappa shape index (κ1) is 20.0. The molecular formula is C22H17BN6O2. The number of nitrogens with one attached hydrogen (secondary N) is 2. The van der Waals surface area contributed by atoms with Gasteiger partial charge >= 0.3 is 0 Å². The lowest BCUT2D eigenvalue weighted by molar-refractivity contribution is 0.0955. The highest BCUT2D eigenvalue weighted by molar-refractivity contribution is 6.36. The van der Waals surface area contributed by atoms with Crippen molar-refractivity contribution < 1.29 is 9.90 Å². The molecule has 1 amide bonds. The molecule has 3 N–H and O–H groups in total. The quantitative estimate of drug-likeness (QED) is 0.330. The van der Waals surface area contributed by atoms with Crippen molar-refractivity contribution in [2.24, 2.45) is 0 Å². The van der Waals surface area contributed by atoms with Crippen LogP contribution < -0.4 is 16.1 Å². The summed E-state index contributed by atoms with van der Waals surface area (Å²) in [6.07, 6.45) is 1.51. The Balaban J connectivity index is 1.50. The average molecular weight is 408 g/mol. The summed E-state index contributed by atoms with van der Waals surface area (Å²) in [7, 11) is 6.00. The predicted molar refractivity (Wildman–Crippen MR) is 117 cm³/mol. The molecule has 0 unspecified atom stereocenters. The molecule has 0 saturated carbocycles. The van der Waals surface area contributed by atoms with E-state index in [0.29, 0.717) is 52.4 Å². The maximum atomic E-state index is 12.3. The van der Waals surface area contributed by atoms with Crippen LogP contribution in [0.3, 0.4) is 0 Å². The van der Waals surface area contributed by atoms with Crippen molar-refractivity contribution in [3.8, 4) is 23.1 Å². The van der Waals surface area contributed by atoms with Crippen molar-refractivity contribution in [3.05, 3.63) is 71.9 Å². The minimum atomic E-state index is -0.267. The van der Waals surface area contributed by atoms with E-state index < -0.39 is 0 Å². The van der Waals surface area contributed by atoms with E-state index in [0.717, 1.165) is 0 Å². The van der Waals surface area contributed by atoms with Crippen LogP contribution in [0.4, 0.5) is 5.82 Å². The molecular weight excluding hydrogens is 391 g/mol. The molecule has 8 nitrogen and oxygen atoms in total. The summed E-state index contributed by atoms with van der Waals surface area (Å²) in [6, 6.07) is 17.2. The molecule has 2 aromatic carbocycles. The Bertz CT molecular complexity index is 1310. The maximum Gasteiger partial charge on any atom is 0.251 e. The number of phenols is 1. The lowest BCUT2D eigenvalue weighted by atomic mass is 10.0. The molecule has 0 atom stereocenters. The number of fused-ring (bicyclic) bond motifs is 1. The minimum absolute atomic E-state index is 0.107. The van der Waals surface area contributed by atoms with Crippen molar-refractivity contribution >= 4 is 30.7 Å². The van der Waals surface area contributed by atoms with Crippen LogP contribution in [0.5, 0.6) is 5.75 Å². The van der Waals surface area contributed by atoms with Crippen molar-refractivity contribution in [2.45, 2.75) is 0 Å². The summed E-state index contributed by atoms with van der Waals surface area (Å²) in [4.78, 5) is 16.8. The second kappa shape index (κ2) is 8.59. The third kappa shape index (κ3) is 4.18. The lowest BCUT2D eigenvalue weighted by Gasteiger charge is -2.12. The standard InChI is InChI=1S/C22H17BN6O2/c23-17-13-27-29-20(11-18(28-21(17)29)16-6-1-2-7-19(16)30)25-8-9-26-22(31)15-5-3-4-14(10-15)12-24/h1-7,10-11,13,25,30H,8-9H2,(H,26,31). The van der Waals surface area contributed by atoms with Crippen LogP contribution in [-0.2, 0) is 0 Å². The molecule has 31 heavy (non-hydrogen) atoms. The van der Waals surface area contributed by atoms with Crippen LogP contribution in [0, 0.1) is 11.3 Å². The van der Waals surface area contributed by atoms with Gasteiger partial charge in [0.05, 0.1) is 17.3 Å². The number of aromatic nitrogens is 3. The summed E-state index contributed by atoms with van der Waals surface area (Å²) in [5.74, 6) is 0.452. The van der Waals surface area contributed by atoms with E-state index in [2.05, 4.69) is 20.7 Å². The summed E-state index contributed by atoms with van der Waals surface area (Å²) >= 11 is 0. The van der Waals surface area contributed by atoms with Gasteiger partial charge in [-0.15, -0.1) is 0 Å². The zero-order chi connectivity index (χ0) is 21.8. The molecule has 150 valence electrons. The van der Waals surface area contributed by atoms with E-state index in [1.165, 1.54) is 6.20 Å². The number of hydrogen-bond donors (Lipinski definition) is 3. The van der Waals surface area contributed by atoms with Gasteiger partial charge in [-0.1, -0.05) is 18.2 Å². The molecule has 0 aliphatic rings. The number of para-hydroxylation sites is 1. The van der Waals surface area contributed by atoms with E-state index in [1.54, 1.807) is 53.0 Å². The second-order valence-corrected chi connectivity index (χ2v) is 6.75. The van der Waals surface area contributed by atoms with Crippen LogP contribution in [-0.4, -0.2) is 46.5 Å². The number of benzene rings is 2. The number of phenolic OH excluding ortho intramolecular Hbond substituents is 1. The van der Waals surface area contributed by atoms with Crippen LogP contribution in [0.2, 0.25) is 0 Å². The third-order valence-electron chi connectivity index (χ3n) is 4.65. The summed E-state index contributed by atoms with van der Waals surface area (Å²) in [5.41, 5.74) is 2.83. The fourth-order valence-corrected chi connectivity index (χ4v) is 3.13. The average Bonchev–Trinajstić information content (AvgIpc) is 3.17. The Kier molecular flexibility index (Phi) is 5.54. The Morgan fingerprint density at radius 1 is 1.16 bits per heavy atom. The van der Waals surface area contributed by atoms with Crippen LogP contribution in [0.15, 0.2) is 60.8 Å². The van der Waals surface area contributed by atoms with Crippen molar-refractivity contribution in [1.82, 2.24) is 19.9 Å². The zero-order valence-corrected chi connectivity index (χ0v) is 16.4. The highest BCUT2D eigenvalue weighted by Crippen LogP contribution is 2.29. The maximum absolute atomic E-state index is 12.3. The Morgan fingerprint density at radius 2 is 2.00 bits per heavy atom. The molecule has 0 bridgehead atoms. The normalized spacial score (nSPS) is 10.5. The zero-order valence-electron chi connectivity index (χ0n) is 16.4. The molecule has 2 heterocycles.